The van der Waals surface area contributed by atoms with Gasteiger partial charge in [-0.15, -0.1) is 0 Å². The first-order valence-electron chi connectivity index (χ1n) is 8.37. The van der Waals surface area contributed by atoms with Crippen LogP contribution in [0.5, 0.6) is 5.75 Å². The summed E-state index contributed by atoms with van der Waals surface area (Å²) in [6.07, 6.45) is 7.25. The Morgan fingerprint density at radius 3 is 2.72 bits per heavy atom. The number of ether oxygens (including phenoxy) is 1. The second-order valence-corrected chi connectivity index (χ2v) is 6.30. The van der Waals surface area contributed by atoms with E-state index in [1.54, 1.807) is 12.5 Å². The Kier molecular flexibility index (Phi) is 5.56. The third-order valence-electron chi connectivity index (χ3n) is 4.06. The van der Waals surface area contributed by atoms with Crippen LogP contribution in [-0.4, -0.2) is 9.55 Å². The molecular weight excluding hydrogens is 332 g/mol. The lowest BCUT2D eigenvalue weighted by atomic mass is 10.0. The molecule has 1 atom stereocenters. The van der Waals surface area contributed by atoms with Gasteiger partial charge >= 0.3 is 0 Å². The molecule has 4 heteroatoms. The Morgan fingerprint density at radius 1 is 1.24 bits per heavy atom. The van der Waals surface area contributed by atoms with Crippen molar-refractivity contribution < 1.29 is 4.74 Å². The zero-order valence-electron chi connectivity index (χ0n) is 14.2. The highest BCUT2D eigenvalue weighted by Gasteiger charge is 2.16. The molecule has 1 unspecified atom stereocenters. The Morgan fingerprint density at radius 2 is 2.04 bits per heavy atom. The maximum atomic E-state index is 6.39. The SMILES string of the molecule is C=C(c1cc(Cl)ccc1OC(CCC)c1ccccc1)n1ccnc1. The number of hydrogen-bond donors (Lipinski definition) is 0. The van der Waals surface area contributed by atoms with E-state index in [1.807, 2.05) is 47.2 Å². The molecule has 0 bridgehead atoms. The van der Waals surface area contributed by atoms with Gasteiger partial charge < -0.3 is 9.30 Å². The number of benzene rings is 2. The molecule has 0 aliphatic heterocycles. The predicted octanol–water partition coefficient (Wildman–Crippen LogP) is 5.98. The van der Waals surface area contributed by atoms with E-state index in [-0.39, 0.29) is 6.10 Å². The zero-order valence-corrected chi connectivity index (χ0v) is 15.0. The van der Waals surface area contributed by atoms with Gasteiger partial charge in [-0.3, -0.25) is 0 Å². The molecule has 0 radical (unpaired) electrons. The number of hydrogen-bond acceptors (Lipinski definition) is 2. The minimum absolute atomic E-state index is 0.0123. The summed E-state index contributed by atoms with van der Waals surface area (Å²) in [6, 6.07) is 15.9. The van der Waals surface area contributed by atoms with Crippen LogP contribution < -0.4 is 4.74 Å². The van der Waals surface area contributed by atoms with Crippen LogP contribution in [0.15, 0.2) is 73.8 Å². The summed E-state index contributed by atoms with van der Waals surface area (Å²) < 4.78 is 8.25. The molecule has 3 rings (SSSR count). The Bertz CT molecular complexity index is 828. The highest BCUT2D eigenvalue weighted by molar-refractivity contribution is 6.30. The highest BCUT2D eigenvalue weighted by Crippen LogP contribution is 2.34. The molecule has 0 amide bonds. The average molecular weight is 353 g/mol. The number of halogens is 1. The summed E-state index contributed by atoms with van der Waals surface area (Å²) in [7, 11) is 0. The van der Waals surface area contributed by atoms with E-state index in [0.717, 1.165) is 29.9 Å². The summed E-state index contributed by atoms with van der Waals surface area (Å²) in [6.45, 7) is 6.34. The largest absolute Gasteiger partial charge is 0.485 e. The zero-order chi connectivity index (χ0) is 17.6. The normalized spacial score (nSPS) is 11.9. The molecule has 0 spiro atoms. The standard InChI is InChI=1S/C21H21ClN2O/c1-3-7-20(17-8-5-4-6-9-17)25-21-11-10-18(22)14-19(21)16(2)24-13-12-23-15-24/h4-6,8-15,20H,2-3,7H2,1H3. The van der Waals surface area contributed by atoms with E-state index in [0.29, 0.717) is 5.02 Å². The molecule has 1 heterocycles. The van der Waals surface area contributed by atoms with Crippen molar-refractivity contribution in [3.63, 3.8) is 0 Å². The smallest absolute Gasteiger partial charge is 0.129 e. The van der Waals surface area contributed by atoms with Crippen LogP contribution in [0.3, 0.4) is 0 Å². The molecule has 128 valence electrons. The third kappa shape index (κ3) is 4.12. The Labute approximate surface area is 153 Å². The molecule has 0 aliphatic carbocycles. The van der Waals surface area contributed by atoms with Crippen LogP contribution in [-0.2, 0) is 0 Å². The van der Waals surface area contributed by atoms with Crippen LogP contribution in [0.25, 0.3) is 5.70 Å². The van der Waals surface area contributed by atoms with Gasteiger partial charge in [0, 0.05) is 23.0 Å². The second kappa shape index (κ2) is 8.04. The van der Waals surface area contributed by atoms with Gasteiger partial charge in [0.25, 0.3) is 0 Å². The lowest BCUT2D eigenvalue weighted by Gasteiger charge is -2.22. The molecule has 0 fully saturated rings. The number of rotatable bonds is 7. The van der Waals surface area contributed by atoms with Crippen molar-refractivity contribution in [2.24, 2.45) is 0 Å². The first kappa shape index (κ1) is 17.3. The molecule has 2 aromatic carbocycles. The second-order valence-electron chi connectivity index (χ2n) is 5.86. The molecule has 25 heavy (non-hydrogen) atoms. The third-order valence-corrected chi connectivity index (χ3v) is 4.30. The van der Waals surface area contributed by atoms with Crippen LogP contribution in [0.1, 0.15) is 37.0 Å². The molecule has 0 saturated carbocycles. The fourth-order valence-corrected chi connectivity index (χ4v) is 2.94. The maximum absolute atomic E-state index is 6.39. The van der Waals surface area contributed by atoms with E-state index in [4.69, 9.17) is 16.3 Å². The molecule has 0 aliphatic rings. The summed E-state index contributed by atoms with van der Waals surface area (Å²) in [4.78, 5) is 4.09. The van der Waals surface area contributed by atoms with Gasteiger partial charge in [-0.1, -0.05) is 61.9 Å². The van der Waals surface area contributed by atoms with E-state index in [2.05, 4.69) is 30.6 Å². The monoisotopic (exact) mass is 352 g/mol. The lowest BCUT2D eigenvalue weighted by molar-refractivity contribution is 0.193. The predicted molar refractivity (Wildman–Crippen MR) is 103 cm³/mol. The van der Waals surface area contributed by atoms with Crippen molar-refractivity contribution in [3.8, 4) is 5.75 Å². The van der Waals surface area contributed by atoms with Crippen LogP contribution >= 0.6 is 11.6 Å². The topological polar surface area (TPSA) is 27.1 Å². The summed E-state index contributed by atoms with van der Waals surface area (Å²) in [5, 5.41) is 0.648. The first-order valence-corrected chi connectivity index (χ1v) is 8.75. The van der Waals surface area contributed by atoms with Crippen LogP contribution in [0, 0.1) is 0 Å². The number of nitrogens with zero attached hydrogens (tertiary/aromatic N) is 2. The lowest BCUT2D eigenvalue weighted by Crippen LogP contribution is -2.09. The maximum Gasteiger partial charge on any atom is 0.129 e. The van der Waals surface area contributed by atoms with Crippen molar-refractivity contribution in [2.75, 3.05) is 0 Å². The Hall–Kier alpha value is -2.52. The highest BCUT2D eigenvalue weighted by atomic mass is 35.5. The quantitative estimate of drug-likeness (QED) is 0.523. The Balaban J connectivity index is 1.94. The van der Waals surface area contributed by atoms with Gasteiger partial charge in [-0.2, -0.15) is 0 Å². The van der Waals surface area contributed by atoms with Gasteiger partial charge in [0.15, 0.2) is 0 Å². The average Bonchev–Trinajstić information content (AvgIpc) is 3.17. The van der Waals surface area contributed by atoms with E-state index in [9.17, 15) is 0 Å². The van der Waals surface area contributed by atoms with Crippen molar-refractivity contribution in [1.29, 1.82) is 0 Å². The van der Waals surface area contributed by atoms with Gasteiger partial charge in [0.2, 0.25) is 0 Å². The minimum atomic E-state index is -0.0123. The summed E-state index contributed by atoms with van der Waals surface area (Å²) in [5.74, 6) is 0.769. The fourth-order valence-electron chi connectivity index (χ4n) is 2.77. The molecule has 0 N–H and O–H groups in total. The fraction of sp³-hybridized carbons (Fsp3) is 0.190. The molecule has 3 aromatic rings. The summed E-state index contributed by atoms with van der Waals surface area (Å²) >= 11 is 6.22. The van der Waals surface area contributed by atoms with Gasteiger partial charge in [0.05, 0.1) is 12.0 Å². The summed E-state index contributed by atoms with van der Waals surface area (Å²) in [5.41, 5.74) is 2.80. The molecule has 3 nitrogen and oxygen atoms in total. The van der Waals surface area contributed by atoms with E-state index in [1.165, 1.54) is 5.56 Å². The van der Waals surface area contributed by atoms with Crippen LogP contribution in [0.2, 0.25) is 5.02 Å². The number of aromatic nitrogens is 2. The molecular formula is C21H21ClN2O. The van der Waals surface area contributed by atoms with E-state index < -0.39 is 0 Å². The van der Waals surface area contributed by atoms with Crippen molar-refractivity contribution in [1.82, 2.24) is 9.55 Å². The molecule has 0 saturated heterocycles. The van der Waals surface area contributed by atoms with Gasteiger partial charge in [-0.05, 0) is 30.2 Å². The van der Waals surface area contributed by atoms with Crippen molar-refractivity contribution >= 4 is 17.3 Å². The van der Waals surface area contributed by atoms with Crippen LogP contribution in [0.4, 0.5) is 0 Å². The minimum Gasteiger partial charge on any atom is -0.485 e. The van der Waals surface area contributed by atoms with E-state index >= 15 is 0 Å². The first-order chi connectivity index (χ1) is 12.2. The van der Waals surface area contributed by atoms with Crippen molar-refractivity contribution in [3.05, 3.63) is 90.0 Å². The van der Waals surface area contributed by atoms with Gasteiger partial charge in [-0.25, -0.2) is 4.98 Å². The van der Waals surface area contributed by atoms with Crippen molar-refractivity contribution in [2.45, 2.75) is 25.9 Å². The van der Waals surface area contributed by atoms with Gasteiger partial charge in [0.1, 0.15) is 11.9 Å². The number of imidazole rings is 1. The molecule has 1 aromatic heterocycles.